The van der Waals surface area contributed by atoms with Gasteiger partial charge in [-0.1, -0.05) is 34.1 Å². The van der Waals surface area contributed by atoms with Gasteiger partial charge in [0.1, 0.15) is 0 Å². The molecule has 68 valence electrons. The molecule has 0 aliphatic carbocycles. The van der Waals surface area contributed by atoms with Crippen molar-refractivity contribution in [2.75, 3.05) is 11.1 Å². The van der Waals surface area contributed by atoms with Crippen LogP contribution in [0.25, 0.3) is 0 Å². The van der Waals surface area contributed by atoms with E-state index in [0.29, 0.717) is 0 Å². The van der Waals surface area contributed by atoms with Crippen LogP contribution in [0.5, 0.6) is 0 Å². The number of rotatable bonds is 3. The lowest BCUT2D eigenvalue weighted by Gasteiger charge is -2.02. The monoisotopic (exact) mass is 293 g/mol. The van der Waals surface area contributed by atoms with Crippen molar-refractivity contribution in [3.05, 3.63) is 29.8 Å². The summed E-state index contributed by atoms with van der Waals surface area (Å²) in [5.74, 6) is 0. The highest BCUT2D eigenvalue weighted by Gasteiger charge is 1.95. The largest absolute Gasteiger partial charge is 0.399 e. The SMILES string of the molecule is Br.Nc1ccccc1CCCBr. The molecule has 0 radical (unpaired) electrons. The lowest BCUT2D eigenvalue weighted by molar-refractivity contribution is 0.942. The average Bonchev–Trinajstić information content (AvgIpc) is 2.03. The van der Waals surface area contributed by atoms with Crippen LogP contribution in [0.4, 0.5) is 5.69 Å². The summed E-state index contributed by atoms with van der Waals surface area (Å²) in [6.45, 7) is 0. The van der Waals surface area contributed by atoms with Gasteiger partial charge in [0.15, 0.2) is 0 Å². The number of halogens is 2. The lowest BCUT2D eigenvalue weighted by atomic mass is 10.1. The Morgan fingerprint density at radius 2 is 1.92 bits per heavy atom. The van der Waals surface area contributed by atoms with E-state index in [1.54, 1.807) is 0 Å². The number of nitrogen functional groups attached to an aromatic ring is 1. The van der Waals surface area contributed by atoms with Crippen molar-refractivity contribution in [2.24, 2.45) is 0 Å². The first kappa shape index (κ1) is 12.0. The van der Waals surface area contributed by atoms with E-state index in [1.807, 2.05) is 18.2 Å². The van der Waals surface area contributed by atoms with Crippen LogP contribution in [-0.2, 0) is 6.42 Å². The second-order valence-corrected chi connectivity index (χ2v) is 3.28. The summed E-state index contributed by atoms with van der Waals surface area (Å²) in [7, 11) is 0. The summed E-state index contributed by atoms with van der Waals surface area (Å²) in [6, 6.07) is 8.02. The van der Waals surface area contributed by atoms with Gasteiger partial charge in [-0.05, 0) is 24.5 Å². The fourth-order valence-corrected chi connectivity index (χ4v) is 1.30. The molecular formula is C9H13Br2N. The van der Waals surface area contributed by atoms with Gasteiger partial charge in [0, 0.05) is 11.0 Å². The minimum Gasteiger partial charge on any atom is -0.399 e. The maximum absolute atomic E-state index is 5.75. The second kappa shape index (κ2) is 6.49. The van der Waals surface area contributed by atoms with Crippen LogP contribution in [0.2, 0.25) is 0 Å². The Balaban J connectivity index is 0.00000121. The van der Waals surface area contributed by atoms with Gasteiger partial charge in [0.25, 0.3) is 0 Å². The Kier molecular flexibility index (Phi) is 6.48. The molecule has 0 unspecified atom stereocenters. The number of benzene rings is 1. The van der Waals surface area contributed by atoms with Crippen LogP contribution in [0, 0.1) is 0 Å². The molecule has 12 heavy (non-hydrogen) atoms. The molecule has 0 amide bonds. The molecule has 0 heterocycles. The zero-order chi connectivity index (χ0) is 8.10. The molecule has 0 fully saturated rings. The van der Waals surface area contributed by atoms with Crippen molar-refractivity contribution >= 4 is 38.6 Å². The van der Waals surface area contributed by atoms with Gasteiger partial charge in [0.05, 0.1) is 0 Å². The summed E-state index contributed by atoms with van der Waals surface area (Å²) < 4.78 is 0. The van der Waals surface area contributed by atoms with Crippen molar-refractivity contribution in [1.29, 1.82) is 0 Å². The normalized spacial score (nSPS) is 9.08. The minimum atomic E-state index is 0. The first-order valence-electron chi connectivity index (χ1n) is 3.74. The number of hydrogen-bond donors (Lipinski definition) is 1. The highest BCUT2D eigenvalue weighted by Crippen LogP contribution is 2.12. The van der Waals surface area contributed by atoms with Crippen molar-refractivity contribution in [2.45, 2.75) is 12.8 Å². The molecule has 1 nitrogen and oxygen atoms in total. The lowest BCUT2D eigenvalue weighted by Crippen LogP contribution is -1.93. The average molecular weight is 295 g/mol. The zero-order valence-corrected chi connectivity index (χ0v) is 10.1. The molecule has 1 aromatic carbocycles. The molecular weight excluding hydrogens is 282 g/mol. The fourth-order valence-electron chi connectivity index (χ4n) is 1.02. The quantitative estimate of drug-likeness (QED) is 0.672. The van der Waals surface area contributed by atoms with Gasteiger partial charge in [-0.2, -0.15) is 0 Å². The molecule has 2 N–H and O–H groups in total. The van der Waals surface area contributed by atoms with E-state index in [0.717, 1.165) is 23.9 Å². The van der Waals surface area contributed by atoms with Crippen LogP contribution in [0.3, 0.4) is 0 Å². The van der Waals surface area contributed by atoms with Crippen LogP contribution < -0.4 is 5.73 Å². The first-order chi connectivity index (χ1) is 5.34. The van der Waals surface area contributed by atoms with Crippen LogP contribution in [0.1, 0.15) is 12.0 Å². The van der Waals surface area contributed by atoms with Gasteiger partial charge in [0.2, 0.25) is 0 Å². The number of aryl methyl sites for hydroxylation is 1. The summed E-state index contributed by atoms with van der Waals surface area (Å²) in [5.41, 5.74) is 7.91. The molecule has 0 saturated carbocycles. The van der Waals surface area contributed by atoms with Crippen molar-refractivity contribution in [3.63, 3.8) is 0 Å². The van der Waals surface area contributed by atoms with Gasteiger partial charge in [-0.15, -0.1) is 17.0 Å². The molecule has 1 rings (SSSR count). The third-order valence-corrected chi connectivity index (χ3v) is 2.20. The molecule has 0 aliphatic rings. The molecule has 3 heteroatoms. The minimum absolute atomic E-state index is 0. The summed E-state index contributed by atoms with van der Waals surface area (Å²) in [5, 5.41) is 1.04. The topological polar surface area (TPSA) is 26.0 Å². The third-order valence-electron chi connectivity index (χ3n) is 1.63. The number of nitrogens with two attached hydrogens (primary N) is 1. The van der Waals surface area contributed by atoms with Crippen LogP contribution in [0.15, 0.2) is 24.3 Å². The smallest absolute Gasteiger partial charge is 0.0346 e. The molecule has 0 aromatic heterocycles. The summed E-state index contributed by atoms with van der Waals surface area (Å²) in [6.07, 6.45) is 2.21. The van der Waals surface area contributed by atoms with E-state index in [1.165, 1.54) is 5.56 Å². The van der Waals surface area contributed by atoms with Crippen LogP contribution >= 0.6 is 32.9 Å². The first-order valence-corrected chi connectivity index (χ1v) is 4.86. The Morgan fingerprint density at radius 3 is 2.50 bits per heavy atom. The number of para-hydroxylation sites is 1. The molecule has 0 aliphatic heterocycles. The van der Waals surface area contributed by atoms with Crippen molar-refractivity contribution in [1.82, 2.24) is 0 Å². The van der Waals surface area contributed by atoms with Gasteiger partial charge in [-0.25, -0.2) is 0 Å². The van der Waals surface area contributed by atoms with E-state index >= 15 is 0 Å². The molecule has 1 aromatic rings. The Morgan fingerprint density at radius 1 is 1.25 bits per heavy atom. The third kappa shape index (κ3) is 3.59. The Hall–Kier alpha value is -0.0200. The maximum Gasteiger partial charge on any atom is 0.0346 e. The van der Waals surface area contributed by atoms with Gasteiger partial charge < -0.3 is 5.73 Å². The zero-order valence-electron chi connectivity index (χ0n) is 6.79. The fraction of sp³-hybridized carbons (Fsp3) is 0.333. The van der Waals surface area contributed by atoms with Crippen molar-refractivity contribution in [3.8, 4) is 0 Å². The highest BCUT2D eigenvalue weighted by molar-refractivity contribution is 9.09. The van der Waals surface area contributed by atoms with Crippen molar-refractivity contribution < 1.29 is 0 Å². The standard InChI is InChI=1S/C9H12BrN.BrH/c10-7-3-5-8-4-1-2-6-9(8)11;/h1-2,4,6H,3,5,7,11H2;1H. The second-order valence-electron chi connectivity index (χ2n) is 2.49. The highest BCUT2D eigenvalue weighted by atomic mass is 79.9. The van der Waals surface area contributed by atoms with Crippen LogP contribution in [-0.4, -0.2) is 5.33 Å². The van der Waals surface area contributed by atoms with Gasteiger partial charge >= 0.3 is 0 Å². The number of anilines is 1. The van der Waals surface area contributed by atoms with E-state index in [9.17, 15) is 0 Å². The number of hydrogen-bond acceptors (Lipinski definition) is 1. The predicted octanol–water partition coefficient (Wildman–Crippen LogP) is 3.17. The van der Waals surface area contributed by atoms with E-state index < -0.39 is 0 Å². The van der Waals surface area contributed by atoms with E-state index in [2.05, 4.69) is 22.0 Å². The maximum atomic E-state index is 5.75. The summed E-state index contributed by atoms with van der Waals surface area (Å²) >= 11 is 3.39. The summed E-state index contributed by atoms with van der Waals surface area (Å²) in [4.78, 5) is 0. The molecule has 0 atom stereocenters. The Labute approximate surface area is 92.2 Å². The van der Waals surface area contributed by atoms with E-state index in [-0.39, 0.29) is 17.0 Å². The van der Waals surface area contributed by atoms with E-state index in [4.69, 9.17) is 5.73 Å². The number of alkyl halides is 1. The molecule has 0 spiro atoms. The molecule has 0 bridgehead atoms. The predicted molar refractivity (Wildman–Crippen MR) is 63.3 cm³/mol. The Bertz CT molecular complexity index is 226. The van der Waals surface area contributed by atoms with Gasteiger partial charge in [-0.3, -0.25) is 0 Å². The molecule has 0 saturated heterocycles.